The molecule has 1 aromatic carbocycles. The number of aryl methyl sites for hydroxylation is 1. The first-order valence-corrected chi connectivity index (χ1v) is 9.86. The Bertz CT molecular complexity index is 607. The normalized spacial score (nSPS) is 14.4. The van der Waals surface area contributed by atoms with Gasteiger partial charge in [0.2, 0.25) is 0 Å². The maximum atomic E-state index is 4.91. The number of rotatable bonds is 4. The third-order valence-corrected chi connectivity index (χ3v) is 5.16. The van der Waals surface area contributed by atoms with Gasteiger partial charge >= 0.3 is 0 Å². The molecule has 0 bridgehead atoms. The Labute approximate surface area is 144 Å². The van der Waals surface area contributed by atoms with Crippen molar-refractivity contribution >= 4 is 40.2 Å². The van der Waals surface area contributed by atoms with E-state index in [9.17, 15) is 0 Å². The quantitative estimate of drug-likeness (QED) is 0.765. The summed E-state index contributed by atoms with van der Waals surface area (Å²) < 4.78 is 3.36. The Balaban J connectivity index is 2.02. The lowest BCUT2D eigenvalue weighted by Crippen LogP contribution is -2.07. The van der Waals surface area contributed by atoms with Gasteiger partial charge < -0.3 is 5.32 Å². The third kappa shape index (κ3) is 3.39. The van der Waals surface area contributed by atoms with Gasteiger partial charge in [0, 0.05) is 22.1 Å². The molecule has 0 saturated carbocycles. The maximum absolute atomic E-state index is 4.91. The van der Waals surface area contributed by atoms with Gasteiger partial charge in [0.25, 0.3) is 0 Å². The van der Waals surface area contributed by atoms with Crippen LogP contribution in [0.15, 0.2) is 24.3 Å². The van der Waals surface area contributed by atoms with E-state index >= 15 is 0 Å². The lowest BCUT2D eigenvalue weighted by atomic mass is 10.1. The molecular formula is C16H20IN3S. The lowest BCUT2D eigenvalue weighted by molar-refractivity contribution is 0.765. The summed E-state index contributed by atoms with van der Waals surface area (Å²) in [5.41, 5.74) is 3.85. The fourth-order valence-corrected chi connectivity index (χ4v) is 3.50. The Kier molecular flexibility index (Phi) is 5.11. The van der Waals surface area contributed by atoms with E-state index in [1.807, 2.05) is 11.8 Å². The molecule has 0 unspecified atom stereocenters. The van der Waals surface area contributed by atoms with Crippen LogP contribution < -0.4 is 5.32 Å². The fourth-order valence-electron chi connectivity index (χ4n) is 2.74. The molecule has 0 radical (unpaired) electrons. The van der Waals surface area contributed by atoms with E-state index in [2.05, 4.69) is 63.1 Å². The summed E-state index contributed by atoms with van der Waals surface area (Å²) in [6.45, 7) is 1.05. The number of nitrogens with one attached hydrogen (secondary N) is 1. The highest BCUT2D eigenvalue weighted by Gasteiger charge is 2.20. The minimum absolute atomic E-state index is 1.05. The number of hydrogen-bond donors (Lipinski definition) is 1. The SMILES string of the molecule is CSCCc1nn(-c2ccc(I)cc2)c2c1CCCCN2. The monoisotopic (exact) mass is 413 g/mol. The number of benzene rings is 1. The summed E-state index contributed by atoms with van der Waals surface area (Å²) in [4.78, 5) is 0. The van der Waals surface area contributed by atoms with E-state index in [1.165, 1.54) is 33.5 Å². The highest BCUT2D eigenvalue weighted by Crippen LogP contribution is 2.28. The summed E-state index contributed by atoms with van der Waals surface area (Å²) in [6.07, 6.45) is 6.86. The molecule has 0 saturated heterocycles. The number of halogens is 1. The fraction of sp³-hybridized carbons (Fsp3) is 0.438. The van der Waals surface area contributed by atoms with Gasteiger partial charge in [0.05, 0.1) is 11.4 Å². The van der Waals surface area contributed by atoms with Gasteiger partial charge in [-0.2, -0.15) is 16.9 Å². The summed E-state index contributed by atoms with van der Waals surface area (Å²) >= 11 is 4.23. The summed E-state index contributed by atoms with van der Waals surface area (Å²) in [5.74, 6) is 2.35. The first-order chi connectivity index (χ1) is 10.3. The highest BCUT2D eigenvalue weighted by atomic mass is 127. The predicted molar refractivity (Wildman–Crippen MR) is 99.8 cm³/mol. The smallest absolute Gasteiger partial charge is 0.133 e. The summed E-state index contributed by atoms with van der Waals surface area (Å²) in [6, 6.07) is 8.59. The lowest BCUT2D eigenvalue weighted by Gasteiger charge is -2.09. The summed E-state index contributed by atoms with van der Waals surface area (Å²) in [5, 5.41) is 8.50. The van der Waals surface area contributed by atoms with Gasteiger partial charge in [0.1, 0.15) is 5.82 Å². The van der Waals surface area contributed by atoms with E-state index in [1.54, 1.807) is 0 Å². The molecule has 1 aromatic heterocycles. The Morgan fingerprint density at radius 1 is 1.29 bits per heavy atom. The van der Waals surface area contributed by atoms with E-state index < -0.39 is 0 Å². The van der Waals surface area contributed by atoms with E-state index in [4.69, 9.17) is 5.10 Å². The molecule has 2 heterocycles. The van der Waals surface area contributed by atoms with Crippen LogP contribution in [0.1, 0.15) is 24.1 Å². The predicted octanol–water partition coefficient (Wildman–Crippen LogP) is 4.13. The molecule has 1 N–H and O–H groups in total. The molecule has 2 aromatic rings. The molecule has 112 valence electrons. The third-order valence-electron chi connectivity index (χ3n) is 3.83. The van der Waals surface area contributed by atoms with Crippen molar-refractivity contribution in [2.24, 2.45) is 0 Å². The van der Waals surface area contributed by atoms with Crippen LogP contribution in [0.5, 0.6) is 0 Å². The Hall–Kier alpha value is -0.690. The first kappa shape index (κ1) is 15.2. The van der Waals surface area contributed by atoms with Crippen LogP contribution in [0.25, 0.3) is 5.69 Å². The second-order valence-corrected chi connectivity index (χ2v) is 7.52. The molecule has 0 spiro atoms. The van der Waals surface area contributed by atoms with E-state index in [0.717, 1.165) is 30.8 Å². The van der Waals surface area contributed by atoms with Gasteiger partial charge in [-0.15, -0.1) is 0 Å². The van der Waals surface area contributed by atoms with Crippen molar-refractivity contribution in [3.63, 3.8) is 0 Å². The van der Waals surface area contributed by atoms with Crippen LogP contribution in [0.4, 0.5) is 5.82 Å². The van der Waals surface area contributed by atoms with Crippen LogP contribution in [0, 0.1) is 3.57 Å². The zero-order valence-corrected chi connectivity index (χ0v) is 15.2. The second-order valence-electron chi connectivity index (χ2n) is 5.29. The van der Waals surface area contributed by atoms with Gasteiger partial charge in [-0.3, -0.25) is 0 Å². The van der Waals surface area contributed by atoms with Crippen LogP contribution in [-0.2, 0) is 12.8 Å². The van der Waals surface area contributed by atoms with Crippen molar-refractivity contribution < 1.29 is 0 Å². The average molecular weight is 413 g/mol. The number of fused-ring (bicyclic) bond motifs is 1. The number of nitrogens with zero attached hydrogens (tertiary/aromatic N) is 2. The minimum Gasteiger partial charge on any atom is -0.370 e. The van der Waals surface area contributed by atoms with Crippen LogP contribution in [0.3, 0.4) is 0 Å². The molecule has 0 fully saturated rings. The van der Waals surface area contributed by atoms with Gasteiger partial charge in [0.15, 0.2) is 0 Å². The molecule has 3 nitrogen and oxygen atoms in total. The van der Waals surface area contributed by atoms with Crippen molar-refractivity contribution in [2.45, 2.75) is 25.7 Å². The van der Waals surface area contributed by atoms with E-state index in [0.29, 0.717) is 0 Å². The maximum Gasteiger partial charge on any atom is 0.133 e. The molecule has 5 heteroatoms. The topological polar surface area (TPSA) is 29.9 Å². The van der Waals surface area contributed by atoms with Crippen LogP contribution in [-0.4, -0.2) is 28.3 Å². The van der Waals surface area contributed by atoms with Crippen molar-refractivity contribution in [3.05, 3.63) is 39.1 Å². The van der Waals surface area contributed by atoms with Crippen LogP contribution in [0.2, 0.25) is 0 Å². The molecule has 0 atom stereocenters. The second kappa shape index (κ2) is 7.05. The van der Waals surface area contributed by atoms with Gasteiger partial charge in [-0.1, -0.05) is 0 Å². The summed E-state index contributed by atoms with van der Waals surface area (Å²) in [7, 11) is 0. The minimum atomic E-state index is 1.05. The van der Waals surface area contributed by atoms with Crippen LogP contribution >= 0.6 is 34.4 Å². The van der Waals surface area contributed by atoms with Gasteiger partial charge in [-0.05, 0) is 78.1 Å². The average Bonchev–Trinajstić information content (AvgIpc) is 2.68. The molecule has 0 amide bonds. The first-order valence-electron chi connectivity index (χ1n) is 7.39. The Morgan fingerprint density at radius 2 is 2.10 bits per heavy atom. The zero-order chi connectivity index (χ0) is 14.7. The van der Waals surface area contributed by atoms with Crippen molar-refractivity contribution in [1.29, 1.82) is 0 Å². The molecule has 0 aliphatic carbocycles. The van der Waals surface area contributed by atoms with Crippen molar-refractivity contribution in [2.75, 3.05) is 23.9 Å². The number of hydrogen-bond acceptors (Lipinski definition) is 3. The van der Waals surface area contributed by atoms with E-state index in [-0.39, 0.29) is 0 Å². The molecule has 21 heavy (non-hydrogen) atoms. The molecule has 1 aliphatic heterocycles. The Morgan fingerprint density at radius 3 is 2.86 bits per heavy atom. The molecule has 3 rings (SSSR count). The van der Waals surface area contributed by atoms with Crippen molar-refractivity contribution in [1.82, 2.24) is 9.78 Å². The molecular weight excluding hydrogens is 393 g/mol. The highest BCUT2D eigenvalue weighted by molar-refractivity contribution is 14.1. The largest absolute Gasteiger partial charge is 0.370 e. The number of aromatic nitrogens is 2. The standard InChI is InChI=1S/C16H20IN3S/c1-21-11-9-15-14-4-2-3-10-18-16(14)20(19-15)13-7-5-12(17)6-8-13/h5-8,18H,2-4,9-11H2,1H3. The van der Waals surface area contributed by atoms with Gasteiger partial charge in [-0.25, -0.2) is 4.68 Å². The zero-order valence-electron chi connectivity index (χ0n) is 12.2. The molecule has 1 aliphatic rings. The number of thioether (sulfide) groups is 1. The number of anilines is 1. The van der Waals surface area contributed by atoms with Crippen molar-refractivity contribution in [3.8, 4) is 5.69 Å².